The molecule has 214 valence electrons. The summed E-state index contributed by atoms with van der Waals surface area (Å²) in [5.41, 5.74) is 1.81. The SMILES string of the molecule is CCOc1ccc(-n2c(CNC(=O)c3ccc(OC)c(OC)c3)nnc2SCC(=O)Nc2ccc(OC)cc2)cc1. The van der Waals surface area contributed by atoms with E-state index in [9.17, 15) is 9.59 Å². The van der Waals surface area contributed by atoms with E-state index in [-0.39, 0.29) is 24.1 Å². The summed E-state index contributed by atoms with van der Waals surface area (Å²) >= 11 is 1.23. The second-order valence-corrected chi connectivity index (χ2v) is 9.42. The standard InChI is InChI=1S/C29H31N5O6S/c1-5-40-23-13-9-21(10-14-23)34-26(17-30-28(36)19-6-15-24(38-3)25(16-19)39-4)32-33-29(34)41-18-27(35)31-20-7-11-22(37-2)12-8-20/h6-16H,5,17-18H2,1-4H3,(H,30,36)(H,31,35). The summed E-state index contributed by atoms with van der Waals surface area (Å²) < 4.78 is 23.1. The molecular formula is C29H31N5O6S. The topological polar surface area (TPSA) is 126 Å². The number of nitrogens with zero attached hydrogens (tertiary/aromatic N) is 3. The van der Waals surface area contributed by atoms with Gasteiger partial charge in [0.25, 0.3) is 5.91 Å². The van der Waals surface area contributed by atoms with Gasteiger partial charge in [0.1, 0.15) is 11.5 Å². The highest BCUT2D eigenvalue weighted by atomic mass is 32.2. The van der Waals surface area contributed by atoms with Crippen LogP contribution in [0.3, 0.4) is 0 Å². The number of anilines is 1. The minimum absolute atomic E-state index is 0.0893. The van der Waals surface area contributed by atoms with Gasteiger partial charge in [-0.2, -0.15) is 0 Å². The number of methoxy groups -OCH3 is 3. The van der Waals surface area contributed by atoms with Crippen molar-refractivity contribution in [3.63, 3.8) is 0 Å². The molecular weight excluding hydrogens is 546 g/mol. The van der Waals surface area contributed by atoms with Crippen molar-refractivity contribution in [1.82, 2.24) is 20.1 Å². The van der Waals surface area contributed by atoms with Crippen LogP contribution in [0.15, 0.2) is 71.9 Å². The zero-order chi connectivity index (χ0) is 29.2. The van der Waals surface area contributed by atoms with Crippen LogP contribution in [0, 0.1) is 0 Å². The zero-order valence-electron chi connectivity index (χ0n) is 23.2. The molecule has 0 atom stereocenters. The molecule has 41 heavy (non-hydrogen) atoms. The molecule has 12 heteroatoms. The van der Waals surface area contributed by atoms with Crippen molar-refractivity contribution in [3.05, 3.63) is 78.1 Å². The first-order valence-electron chi connectivity index (χ1n) is 12.7. The van der Waals surface area contributed by atoms with E-state index in [1.165, 1.54) is 26.0 Å². The van der Waals surface area contributed by atoms with E-state index >= 15 is 0 Å². The maximum atomic E-state index is 12.9. The molecule has 2 amide bonds. The van der Waals surface area contributed by atoms with E-state index in [1.807, 2.05) is 31.2 Å². The number of carbonyl (C=O) groups is 2. The van der Waals surface area contributed by atoms with E-state index in [2.05, 4.69) is 20.8 Å². The Morgan fingerprint density at radius 1 is 0.854 bits per heavy atom. The number of benzene rings is 3. The third kappa shape index (κ3) is 7.48. The van der Waals surface area contributed by atoms with Crippen LogP contribution >= 0.6 is 11.8 Å². The monoisotopic (exact) mass is 577 g/mol. The summed E-state index contributed by atoms with van der Waals surface area (Å²) in [5.74, 6) is 2.46. The van der Waals surface area contributed by atoms with Gasteiger partial charge in [0, 0.05) is 16.9 Å². The molecule has 0 bridgehead atoms. The third-order valence-corrected chi connectivity index (χ3v) is 6.79. The van der Waals surface area contributed by atoms with Crippen molar-refractivity contribution in [1.29, 1.82) is 0 Å². The second kappa shape index (κ2) is 14.1. The van der Waals surface area contributed by atoms with Crippen LogP contribution in [-0.4, -0.2) is 60.3 Å². The van der Waals surface area contributed by atoms with Gasteiger partial charge in [-0.3, -0.25) is 14.2 Å². The fourth-order valence-electron chi connectivity index (χ4n) is 3.87. The average Bonchev–Trinajstić information content (AvgIpc) is 3.42. The number of hydrogen-bond acceptors (Lipinski definition) is 9. The lowest BCUT2D eigenvalue weighted by molar-refractivity contribution is -0.113. The average molecular weight is 578 g/mol. The predicted molar refractivity (Wildman–Crippen MR) is 156 cm³/mol. The lowest BCUT2D eigenvalue weighted by Gasteiger charge is -2.13. The Morgan fingerprint density at radius 2 is 1.56 bits per heavy atom. The Bertz CT molecular complexity index is 1470. The van der Waals surface area contributed by atoms with Crippen LogP contribution in [0.1, 0.15) is 23.1 Å². The van der Waals surface area contributed by atoms with Crippen LogP contribution in [0.2, 0.25) is 0 Å². The number of thioether (sulfide) groups is 1. The largest absolute Gasteiger partial charge is 0.497 e. The molecule has 0 spiro atoms. The molecule has 3 aromatic carbocycles. The van der Waals surface area contributed by atoms with Gasteiger partial charge in [-0.05, 0) is 73.7 Å². The summed E-state index contributed by atoms with van der Waals surface area (Å²) in [6.45, 7) is 2.55. The van der Waals surface area contributed by atoms with Crippen LogP contribution in [0.25, 0.3) is 5.69 Å². The van der Waals surface area contributed by atoms with Crippen LogP contribution in [0.4, 0.5) is 5.69 Å². The molecule has 0 radical (unpaired) electrons. The Kier molecular flexibility index (Phi) is 10.1. The van der Waals surface area contributed by atoms with Gasteiger partial charge in [-0.15, -0.1) is 10.2 Å². The predicted octanol–water partition coefficient (Wildman–Crippen LogP) is 4.35. The van der Waals surface area contributed by atoms with Crippen LogP contribution in [-0.2, 0) is 11.3 Å². The summed E-state index contributed by atoms with van der Waals surface area (Å²) in [5, 5.41) is 14.9. The van der Waals surface area contributed by atoms with E-state index in [4.69, 9.17) is 18.9 Å². The number of hydrogen-bond donors (Lipinski definition) is 2. The minimum Gasteiger partial charge on any atom is -0.497 e. The molecule has 0 unspecified atom stereocenters. The first-order chi connectivity index (χ1) is 19.9. The van der Waals surface area contributed by atoms with E-state index in [1.54, 1.807) is 54.1 Å². The third-order valence-electron chi connectivity index (χ3n) is 5.87. The molecule has 1 aromatic heterocycles. The number of ether oxygens (including phenoxy) is 4. The number of rotatable bonds is 13. The minimum atomic E-state index is -0.319. The number of carbonyl (C=O) groups excluding carboxylic acids is 2. The van der Waals surface area contributed by atoms with Crippen LogP contribution in [0.5, 0.6) is 23.0 Å². The normalized spacial score (nSPS) is 10.5. The Labute approximate surface area is 242 Å². The second-order valence-electron chi connectivity index (χ2n) is 8.48. The summed E-state index contributed by atoms with van der Waals surface area (Å²) in [6, 6.07) is 19.4. The van der Waals surface area contributed by atoms with Crippen molar-refractivity contribution in [2.45, 2.75) is 18.6 Å². The number of nitrogens with one attached hydrogen (secondary N) is 2. The van der Waals surface area contributed by atoms with Crippen molar-refractivity contribution in [2.24, 2.45) is 0 Å². The van der Waals surface area contributed by atoms with Crippen molar-refractivity contribution in [2.75, 3.05) is 39.0 Å². The van der Waals surface area contributed by atoms with Crippen molar-refractivity contribution < 1.29 is 28.5 Å². The van der Waals surface area contributed by atoms with Crippen molar-refractivity contribution in [3.8, 4) is 28.7 Å². The van der Waals surface area contributed by atoms with E-state index < -0.39 is 0 Å². The molecule has 0 saturated carbocycles. The number of amides is 2. The summed E-state index contributed by atoms with van der Waals surface area (Å²) in [7, 11) is 4.62. The Hall–Kier alpha value is -4.71. The highest BCUT2D eigenvalue weighted by Gasteiger charge is 2.18. The molecule has 0 aliphatic carbocycles. The fourth-order valence-corrected chi connectivity index (χ4v) is 4.64. The lowest BCUT2D eigenvalue weighted by atomic mass is 10.2. The highest BCUT2D eigenvalue weighted by Crippen LogP contribution is 2.28. The lowest BCUT2D eigenvalue weighted by Crippen LogP contribution is -2.24. The first kappa shape index (κ1) is 29.3. The maximum Gasteiger partial charge on any atom is 0.251 e. The zero-order valence-corrected chi connectivity index (χ0v) is 24.0. The van der Waals surface area contributed by atoms with Gasteiger partial charge in [0.05, 0.1) is 40.2 Å². The smallest absolute Gasteiger partial charge is 0.251 e. The fraction of sp³-hybridized carbons (Fsp3) is 0.241. The highest BCUT2D eigenvalue weighted by molar-refractivity contribution is 7.99. The molecule has 2 N–H and O–H groups in total. The molecule has 0 aliphatic rings. The molecule has 0 fully saturated rings. The van der Waals surface area contributed by atoms with Gasteiger partial charge >= 0.3 is 0 Å². The molecule has 0 aliphatic heterocycles. The van der Waals surface area contributed by atoms with Gasteiger partial charge in [0.15, 0.2) is 22.5 Å². The van der Waals surface area contributed by atoms with E-state index in [0.717, 1.165) is 11.4 Å². The molecule has 11 nitrogen and oxygen atoms in total. The molecule has 4 rings (SSSR count). The summed E-state index contributed by atoms with van der Waals surface area (Å²) in [4.78, 5) is 25.6. The Morgan fingerprint density at radius 3 is 2.22 bits per heavy atom. The molecule has 4 aromatic rings. The van der Waals surface area contributed by atoms with Gasteiger partial charge in [-0.1, -0.05) is 11.8 Å². The van der Waals surface area contributed by atoms with Gasteiger partial charge in [0.2, 0.25) is 5.91 Å². The number of aromatic nitrogens is 3. The summed E-state index contributed by atoms with van der Waals surface area (Å²) in [6.07, 6.45) is 0. The first-order valence-corrected chi connectivity index (χ1v) is 13.7. The van der Waals surface area contributed by atoms with Gasteiger partial charge in [-0.25, -0.2) is 0 Å². The Balaban J connectivity index is 1.51. The molecule has 0 saturated heterocycles. The van der Waals surface area contributed by atoms with Crippen molar-refractivity contribution >= 4 is 29.3 Å². The van der Waals surface area contributed by atoms with Crippen LogP contribution < -0.4 is 29.6 Å². The van der Waals surface area contributed by atoms with E-state index in [0.29, 0.717) is 46.1 Å². The maximum absolute atomic E-state index is 12.9. The quantitative estimate of drug-likeness (QED) is 0.223. The van der Waals surface area contributed by atoms with Gasteiger partial charge < -0.3 is 29.6 Å². The molecule has 1 heterocycles.